The Morgan fingerprint density at radius 3 is 2.42 bits per heavy atom. The van der Waals surface area contributed by atoms with E-state index in [0.29, 0.717) is 16.5 Å². The zero-order chi connectivity index (χ0) is 22.8. The molecule has 31 heavy (non-hydrogen) atoms. The largest absolute Gasteiger partial charge is 0.508 e. The van der Waals surface area contributed by atoms with Crippen LogP contribution in [0.3, 0.4) is 0 Å². The van der Waals surface area contributed by atoms with E-state index < -0.39 is 17.6 Å². The van der Waals surface area contributed by atoms with Gasteiger partial charge in [-0.15, -0.1) is 0 Å². The highest BCUT2D eigenvalue weighted by Gasteiger charge is 2.20. The van der Waals surface area contributed by atoms with Gasteiger partial charge in [0.1, 0.15) is 24.0 Å². The first-order valence-electron chi connectivity index (χ1n) is 9.88. The van der Waals surface area contributed by atoms with Crippen molar-refractivity contribution in [3.05, 3.63) is 75.6 Å². The summed E-state index contributed by atoms with van der Waals surface area (Å²) in [4.78, 5) is 36.6. The van der Waals surface area contributed by atoms with E-state index in [2.05, 4.69) is 26.1 Å². The lowest BCUT2D eigenvalue weighted by Gasteiger charge is -2.19. The fourth-order valence-electron chi connectivity index (χ4n) is 3.07. The molecule has 2 aromatic carbocycles. The molecule has 0 aliphatic rings. The lowest BCUT2D eigenvalue weighted by atomic mass is 9.86. The van der Waals surface area contributed by atoms with Crippen LogP contribution in [0.25, 0.3) is 11.0 Å². The zero-order valence-electron chi connectivity index (χ0n) is 17.9. The first-order chi connectivity index (χ1) is 14.5. The van der Waals surface area contributed by atoms with Crippen LogP contribution in [0, 0.1) is 0 Å². The van der Waals surface area contributed by atoms with Gasteiger partial charge in [0.05, 0.1) is 0 Å². The van der Waals surface area contributed by atoms with Gasteiger partial charge < -0.3 is 19.6 Å². The summed E-state index contributed by atoms with van der Waals surface area (Å²) in [7, 11) is 0. The molecule has 0 aliphatic heterocycles. The summed E-state index contributed by atoms with van der Waals surface area (Å²) in [5.74, 6) is -1.07. The number of hydrogen-bond donors (Lipinski definition) is 2. The number of rotatable bonds is 5. The van der Waals surface area contributed by atoms with Crippen LogP contribution in [-0.4, -0.2) is 23.0 Å². The Labute approximate surface area is 179 Å². The molecule has 1 heterocycles. The lowest BCUT2D eigenvalue weighted by molar-refractivity contribution is -0.146. The van der Waals surface area contributed by atoms with E-state index in [-0.39, 0.29) is 29.3 Å². The average Bonchev–Trinajstić information content (AvgIpc) is 2.70. The van der Waals surface area contributed by atoms with Crippen LogP contribution in [-0.2, 0) is 21.6 Å². The molecule has 7 nitrogen and oxygen atoms in total. The fourth-order valence-corrected chi connectivity index (χ4v) is 3.07. The van der Waals surface area contributed by atoms with Gasteiger partial charge >= 0.3 is 11.6 Å². The summed E-state index contributed by atoms with van der Waals surface area (Å²) >= 11 is 0. The summed E-state index contributed by atoms with van der Waals surface area (Å²) < 4.78 is 10.3. The second-order valence-corrected chi connectivity index (χ2v) is 8.40. The van der Waals surface area contributed by atoms with Gasteiger partial charge in [-0.25, -0.2) is 9.59 Å². The average molecular weight is 423 g/mol. The topological polar surface area (TPSA) is 106 Å². The van der Waals surface area contributed by atoms with Gasteiger partial charge in [0.25, 0.3) is 5.91 Å². The summed E-state index contributed by atoms with van der Waals surface area (Å²) in [6.45, 7) is 7.61. The molecule has 0 fully saturated rings. The van der Waals surface area contributed by atoms with Gasteiger partial charge in [-0.3, -0.25) is 4.79 Å². The van der Waals surface area contributed by atoms with Gasteiger partial charge in [0.2, 0.25) is 0 Å². The van der Waals surface area contributed by atoms with Crippen LogP contribution in [0.4, 0.5) is 0 Å². The number of fused-ring (bicyclic) bond motifs is 1. The summed E-state index contributed by atoms with van der Waals surface area (Å²) in [5, 5.41) is 12.7. The minimum absolute atomic E-state index is 0.0241. The standard InChI is InChI=1S/C24H25NO6/c1-14(25-22(28)15-5-7-17(8-6-15)24(2,3)4)23(29)30-13-16-11-21(27)31-20-12-18(26)9-10-19(16)20/h5-12,14,26H,13H2,1-4H3,(H,25,28)/t14-/m0/s1. The van der Waals surface area contributed by atoms with Gasteiger partial charge in [0.15, 0.2) is 0 Å². The predicted octanol–water partition coefficient (Wildman–Crippen LogP) is 3.66. The number of nitrogens with one attached hydrogen (secondary N) is 1. The summed E-state index contributed by atoms with van der Waals surface area (Å²) in [6, 6.07) is 11.9. The highest BCUT2D eigenvalue weighted by molar-refractivity contribution is 5.96. The number of esters is 1. The summed E-state index contributed by atoms with van der Waals surface area (Å²) in [6.07, 6.45) is 0. The van der Waals surface area contributed by atoms with E-state index in [1.165, 1.54) is 25.1 Å². The number of phenols is 1. The third kappa shape index (κ3) is 5.31. The van der Waals surface area contributed by atoms with E-state index in [9.17, 15) is 19.5 Å². The van der Waals surface area contributed by atoms with E-state index in [1.807, 2.05) is 12.1 Å². The molecule has 1 atom stereocenters. The number of ether oxygens (including phenoxy) is 1. The van der Waals surface area contributed by atoms with E-state index in [1.54, 1.807) is 18.2 Å². The number of phenolic OH excluding ortho intramolecular Hbond substituents is 1. The maximum atomic E-state index is 12.4. The first kappa shape index (κ1) is 22.1. The number of carbonyl (C=O) groups excluding carboxylic acids is 2. The van der Waals surface area contributed by atoms with Crippen molar-refractivity contribution in [2.75, 3.05) is 0 Å². The zero-order valence-corrected chi connectivity index (χ0v) is 17.9. The molecule has 3 rings (SSSR count). The van der Waals surface area contributed by atoms with Gasteiger partial charge in [-0.1, -0.05) is 32.9 Å². The molecular formula is C24H25NO6. The minimum atomic E-state index is -0.884. The Bertz CT molecular complexity index is 1170. The Hall–Kier alpha value is -3.61. The number of aromatic hydroxyl groups is 1. The predicted molar refractivity (Wildman–Crippen MR) is 116 cm³/mol. The van der Waals surface area contributed by atoms with Crippen molar-refractivity contribution in [2.45, 2.75) is 45.8 Å². The third-order valence-electron chi connectivity index (χ3n) is 4.90. The maximum absolute atomic E-state index is 12.4. The highest BCUT2D eigenvalue weighted by atomic mass is 16.5. The van der Waals surface area contributed by atoms with Crippen LogP contribution in [0.2, 0.25) is 0 Å². The van der Waals surface area contributed by atoms with Gasteiger partial charge in [0, 0.05) is 28.6 Å². The second-order valence-electron chi connectivity index (χ2n) is 8.40. The molecule has 0 bridgehead atoms. The molecule has 0 radical (unpaired) electrons. The summed E-state index contributed by atoms with van der Waals surface area (Å²) in [5.41, 5.74) is 1.53. The first-order valence-corrected chi connectivity index (χ1v) is 9.88. The maximum Gasteiger partial charge on any atom is 0.336 e. The normalized spacial score (nSPS) is 12.4. The van der Waals surface area contributed by atoms with Crippen molar-refractivity contribution < 1.29 is 23.8 Å². The lowest BCUT2D eigenvalue weighted by Crippen LogP contribution is -2.39. The highest BCUT2D eigenvalue weighted by Crippen LogP contribution is 2.23. The van der Waals surface area contributed by atoms with E-state index in [4.69, 9.17) is 9.15 Å². The van der Waals surface area contributed by atoms with Crippen molar-refractivity contribution in [3.63, 3.8) is 0 Å². The molecule has 1 aromatic heterocycles. The fraction of sp³-hybridized carbons (Fsp3) is 0.292. The van der Waals surface area contributed by atoms with E-state index in [0.717, 1.165) is 5.56 Å². The van der Waals surface area contributed by atoms with Crippen molar-refractivity contribution in [1.29, 1.82) is 0 Å². The number of benzene rings is 2. The Kier molecular flexibility index (Phi) is 6.15. The molecule has 0 unspecified atom stereocenters. The Morgan fingerprint density at radius 1 is 1.10 bits per heavy atom. The Balaban J connectivity index is 1.64. The monoisotopic (exact) mass is 423 g/mol. The number of carbonyl (C=O) groups is 2. The Morgan fingerprint density at radius 2 is 1.77 bits per heavy atom. The van der Waals surface area contributed by atoms with Crippen molar-refractivity contribution in [3.8, 4) is 5.75 Å². The second kappa shape index (κ2) is 8.63. The SMILES string of the molecule is C[C@H](NC(=O)c1ccc(C(C)(C)C)cc1)C(=O)OCc1cc(=O)oc2cc(O)ccc12. The molecule has 1 amide bonds. The molecule has 0 aliphatic carbocycles. The van der Waals surface area contributed by atoms with Crippen molar-refractivity contribution >= 4 is 22.8 Å². The third-order valence-corrected chi connectivity index (χ3v) is 4.90. The van der Waals surface area contributed by atoms with E-state index >= 15 is 0 Å². The molecule has 0 saturated heterocycles. The smallest absolute Gasteiger partial charge is 0.336 e. The van der Waals surface area contributed by atoms with Crippen LogP contribution in [0.15, 0.2) is 57.7 Å². The number of amides is 1. The van der Waals surface area contributed by atoms with Crippen molar-refractivity contribution in [1.82, 2.24) is 5.32 Å². The molecule has 3 aromatic rings. The quantitative estimate of drug-likeness (QED) is 0.479. The molecule has 0 spiro atoms. The molecule has 0 saturated carbocycles. The molecular weight excluding hydrogens is 398 g/mol. The van der Waals surface area contributed by atoms with Crippen LogP contribution in [0.1, 0.15) is 49.2 Å². The molecule has 7 heteroatoms. The van der Waals surface area contributed by atoms with Crippen LogP contribution in [0.5, 0.6) is 5.75 Å². The number of hydrogen-bond acceptors (Lipinski definition) is 6. The van der Waals surface area contributed by atoms with Crippen LogP contribution < -0.4 is 10.9 Å². The molecule has 162 valence electrons. The van der Waals surface area contributed by atoms with Crippen molar-refractivity contribution in [2.24, 2.45) is 0 Å². The van der Waals surface area contributed by atoms with Gasteiger partial charge in [-0.2, -0.15) is 0 Å². The minimum Gasteiger partial charge on any atom is -0.508 e. The molecule has 2 N–H and O–H groups in total. The van der Waals surface area contributed by atoms with Crippen LogP contribution >= 0.6 is 0 Å². The van der Waals surface area contributed by atoms with Gasteiger partial charge in [-0.05, 0) is 42.2 Å².